The Morgan fingerprint density at radius 2 is 0.806 bits per heavy atom. The Morgan fingerprint density at radius 3 is 1.14 bits per heavy atom. The maximum absolute atomic E-state index is 5.95. The Labute approximate surface area is 217 Å². The first kappa shape index (κ1) is 28.8. The van der Waals surface area contributed by atoms with E-state index in [2.05, 4.69) is 24.3 Å². The van der Waals surface area contributed by atoms with Gasteiger partial charge in [-0.15, -0.1) is 0 Å². The fraction of sp³-hybridized carbons (Fsp3) is 0.375. The molecule has 0 fully saturated rings. The van der Waals surface area contributed by atoms with Crippen LogP contribution in [-0.2, 0) is 12.8 Å². The summed E-state index contributed by atoms with van der Waals surface area (Å²) in [6, 6.07) is 12.5. The summed E-state index contributed by atoms with van der Waals surface area (Å²) in [4.78, 5) is 0. The molecule has 2 aromatic carbocycles. The largest absolute Gasteiger partial charge is 0.486 e. The number of benzene rings is 2. The van der Waals surface area contributed by atoms with Crippen molar-refractivity contribution in [1.82, 2.24) is 0 Å². The summed E-state index contributed by atoms with van der Waals surface area (Å²) in [5, 5.41) is 0. The lowest BCUT2D eigenvalue weighted by molar-refractivity contribution is 0.307. The maximum atomic E-state index is 5.95. The number of hydrogen-bond acceptors (Lipinski definition) is 4. The van der Waals surface area contributed by atoms with Crippen molar-refractivity contribution in [3.05, 3.63) is 96.1 Å². The second kappa shape index (κ2) is 18.0. The molecule has 4 nitrogen and oxygen atoms in total. The van der Waals surface area contributed by atoms with Gasteiger partial charge in [0.15, 0.2) is 23.0 Å². The highest BCUT2D eigenvalue weighted by Crippen LogP contribution is 2.31. The van der Waals surface area contributed by atoms with E-state index in [1.807, 2.05) is 88.4 Å². The monoisotopic (exact) mass is 490 g/mol. The molecule has 194 valence electrons. The Hall–Kier alpha value is -3.40. The molecule has 0 bridgehead atoms. The lowest BCUT2D eigenvalue weighted by atomic mass is 10.0. The molecule has 0 atom stereocenters. The van der Waals surface area contributed by atoms with Crippen molar-refractivity contribution in [2.75, 3.05) is 26.4 Å². The topological polar surface area (TPSA) is 36.9 Å². The molecular formula is C32H42O4. The molecule has 0 unspecified atom stereocenters. The van der Waals surface area contributed by atoms with Crippen molar-refractivity contribution in [3.63, 3.8) is 0 Å². The van der Waals surface area contributed by atoms with Crippen molar-refractivity contribution < 1.29 is 18.9 Å². The number of unbranched alkanes of at least 4 members (excludes halogenated alkanes) is 1. The number of allylic oxidation sites excluding steroid dienone is 4. The third-order valence-corrected chi connectivity index (χ3v) is 5.48. The number of hydrogen-bond donors (Lipinski definition) is 0. The molecule has 2 aromatic rings. The van der Waals surface area contributed by atoms with Gasteiger partial charge in [0.1, 0.15) is 26.4 Å². The first-order valence-corrected chi connectivity index (χ1v) is 12.9. The first-order valence-electron chi connectivity index (χ1n) is 12.9. The smallest absolute Gasteiger partial charge is 0.161 e. The zero-order chi connectivity index (χ0) is 25.8. The van der Waals surface area contributed by atoms with Crippen LogP contribution in [0.1, 0.15) is 51.7 Å². The highest BCUT2D eigenvalue weighted by molar-refractivity contribution is 5.44. The zero-order valence-corrected chi connectivity index (χ0v) is 22.4. The highest BCUT2D eigenvalue weighted by Gasteiger charge is 2.09. The van der Waals surface area contributed by atoms with Crippen LogP contribution in [0.15, 0.2) is 85.0 Å². The molecular weight excluding hydrogens is 448 g/mol. The standard InChI is InChI=1S/C32H42O4/c1-5-9-21-33-29-19-17-27(25-31(29)35-23-11-7-3)15-13-14-16-28-18-20-30(34-22-10-6-2)32(26-28)36-24-12-8-4/h5-12,17-20,25-26H,13-16,21-24H2,1-4H3. The molecule has 0 amide bonds. The summed E-state index contributed by atoms with van der Waals surface area (Å²) in [6.07, 6.45) is 20.1. The molecule has 0 spiro atoms. The summed E-state index contributed by atoms with van der Waals surface area (Å²) in [5.41, 5.74) is 2.51. The average Bonchev–Trinajstić information content (AvgIpc) is 2.89. The van der Waals surface area contributed by atoms with Gasteiger partial charge in [0.05, 0.1) is 0 Å². The SMILES string of the molecule is CC=CCOc1ccc(CCCCc2ccc(OCC=CC)c(OCC=CC)c2)cc1OCC=CC. The summed E-state index contributed by atoms with van der Waals surface area (Å²) >= 11 is 0. The van der Waals surface area contributed by atoms with Crippen LogP contribution >= 0.6 is 0 Å². The molecule has 4 heteroatoms. The predicted molar refractivity (Wildman–Crippen MR) is 151 cm³/mol. The molecule has 0 heterocycles. The van der Waals surface area contributed by atoms with E-state index in [9.17, 15) is 0 Å². The van der Waals surface area contributed by atoms with Crippen molar-refractivity contribution in [3.8, 4) is 23.0 Å². The number of aryl methyl sites for hydroxylation is 2. The Kier molecular flexibility index (Phi) is 14.4. The first-order chi connectivity index (χ1) is 17.7. The summed E-state index contributed by atoms with van der Waals surface area (Å²) in [6.45, 7) is 10.1. The minimum Gasteiger partial charge on any atom is -0.486 e. The molecule has 36 heavy (non-hydrogen) atoms. The van der Waals surface area contributed by atoms with Crippen LogP contribution in [0, 0.1) is 0 Å². The van der Waals surface area contributed by atoms with Gasteiger partial charge in [0, 0.05) is 0 Å². The molecule has 2 rings (SSSR count). The van der Waals surface area contributed by atoms with Crippen LogP contribution in [0.25, 0.3) is 0 Å². The normalized spacial score (nSPS) is 11.8. The van der Waals surface area contributed by atoms with E-state index in [0.717, 1.165) is 48.7 Å². The minimum atomic E-state index is 0.535. The van der Waals surface area contributed by atoms with Gasteiger partial charge in [-0.1, -0.05) is 60.7 Å². The quantitative estimate of drug-likeness (QED) is 0.166. The van der Waals surface area contributed by atoms with Crippen LogP contribution in [0.3, 0.4) is 0 Å². The van der Waals surface area contributed by atoms with E-state index in [1.165, 1.54) is 11.1 Å². The van der Waals surface area contributed by atoms with Gasteiger partial charge in [-0.3, -0.25) is 0 Å². The Morgan fingerprint density at radius 1 is 0.472 bits per heavy atom. The van der Waals surface area contributed by atoms with Gasteiger partial charge in [0.2, 0.25) is 0 Å². The van der Waals surface area contributed by atoms with Gasteiger partial charge >= 0.3 is 0 Å². The molecule has 0 radical (unpaired) electrons. The van der Waals surface area contributed by atoms with Crippen molar-refractivity contribution in [2.24, 2.45) is 0 Å². The molecule has 0 aromatic heterocycles. The third-order valence-electron chi connectivity index (χ3n) is 5.48. The second-order valence-corrected chi connectivity index (χ2v) is 8.29. The highest BCUT2D eigenvalue weighted by atomic mass is 16.5. The van der Waals surface area contributed by atoms with Crippen LogP contribution in [0.4, 0.5) is 0 Å². The van der Waals surface area contributed by atoms with Crippen molar-refractivity contribution in [2.45, 2.75) is 53.4 Å². The Bertz CT molecular complexity index is 920. The van der Waals surface area contributed by atoms with E-state index in [-0.39, 0.29) is 0 Å². The second-order valence-electron chi connectivity index (χ2n) is 8.29. The van der Waals surface area contributed by atoms with E-state index >= 15 is 0 Å². The lowest BCUT2D eigenvalue weighted by Gasteiger charge is -2.13. The van der Waals surface area contributed by atoms with E-state index < -0.39 is 0 Å². The summed E-state index contributed by atoms with van der Waals surface area (Å²) in [5.74, 6) is 3.16. The zero-order valence-electron chi connectivity index (χ0n) is 22.4. The average molecular weight is 491 g/mol. The van der Waals surface area contributed by atoms with Gasteiger partial charge in [-0.2, -0.15) is 0 Å². The Balaban J connectivity index is 1.96. The number of ether oxygens (including phenoxy) is 4. The lowest BCUT2D eigenvalue weighted by Crippen LogP contribution is -2.01. The molecule has 0 aliphatic heterocycles. The van der Waals surface area contributed by atoms with Gasteiger partial charge in [0.25, 0.3) is 0 Å². The predicted octanol–water partition coefficient (Wildman–Crippen LogP) is 8.07. The van der Waals surface area contributed by atoms with E-state index in [1.54, 1.807) is 0 Å². The fourth-order valence-electron chi connectivity index (χ4n) is 3.47. The van der Waals surface area contributed by atoms with Gasteiger partial charge in [-0.05, 0) is 88.8 Å². The number of rotatable bonds is 17. The van der Waals surface area contributed by atoms with Crippen molar-refractivity contribution in [1.29, 1.82) is 0 Å². The summed E-state index contributed by atoms with van der Waals surface area (Å²) < 4.78 is 23.6. The minimum absolute atomic E-state index is 0.535. The van der Waals surface area contributed by atoms with Gasteiger partial charge < -0.3 is 18.9 Å². The van der Waals surface area contributed by atoms with Crippen molar-refractivity contribution >= 4 is 0 Å². The summed E-state index contributed by atoms with van der Waals surface area (Å²) in [7, 11) is 0. The van der Waals surface area contributed by atoms with E-state index in [4.69, 9.17) is 18.9 Å². The maximum Gasteiger partial charge on any atom is 0.161 e. The van der Waals surface area contributed by atoms with Crippen LogP contribution in [-0.4, -0.2) is 26.4 Å². The van der Waals surface area contributed by atoms with Crippen LogP contribution in [0.5, 0.6) is 23.0 Å². The molecule has 0 aliphatic carbocycles. The molecule has 0 saturated heterocycles. The van der Waals surface area contributed by atoms with Gasteiger partial charge in [-0.25, -0.2) is 0 Å². The molecule has 0 saturated carbocycles. The van der Waals surface area contributed by atoms with Crippen LogP contribution in [0.2, 0.25) is 0 Å². The van der Waals surface area contributed by atoms with Crippen LogP contribution < -0.4 is 18.9 Å². The third kappa shape index (κ3) is 10.9. The fourth-order valence-corrected chi connectivity index (χ4v) is 3.47. The van der Waals surface area contributed by atoms with E-state index in [0.29, 0.717) is 26.4 Å². The molecule has 0 aliphatic rings. The molecule has 0 N–H and O–H groups in total.